The van der Waals surface area contributed by atoms with Crippen LogP contribution in [-0.2, 0) is 0 Å². The van der Waals surface area contributed by atoms with Crippen molar-refractivity contribution in [2.45, 2.75) is 6.04 Å². The third-order valence-electron chi connectivity index (χ3n) is 3.31. The predicted octanol–water partition coefficient (Wildman–Crippen LogP) is 2.75. The van der Waals surface area contributed by atoms with E-state index in [2.05, 4.69) is 17.4 Å². The molecule has 1 heterocycles. The second kappa shape index (κ2) is 5.84. The predicted molar refractivity (Wildman–Crippen MR) is 76.3 cm³/mol. The van der Waals surface area contributed by atoms with Crippen molar-refractivity contribution in [2.24, 2.45) is 0 Å². The number of hydrogen-bond donors (Lipinski definition) is 1. The number of benzene rings is 2. The molecule has 0 aromatic heterocycles. The minimum Gasteiger partial charge on any atom is -0.491 e. The summed E-state index contributed by atoms with van der Waals surface area (Å²) in [4.78, 5) is 0. The molecule has 0 saturated heterocycles. The van der Waals surface area contributed by atoms with Crippen LogP contribution in [0, 0.1) is 0 Å². The molecule has 1 aliphatic heterocycles. The van der Waals surface area contributed by atoms with E-state index in [4.69, 9.17) is 14.2 Å². The third-order valence-corrected chi connectivity index (χ3v) is 3.31. The lowest BCUT2D eigenvalue weighted by atomic mass is 10.1. The maximum atomic E-state index is 5.84. The van der Waals surface area contributed by atoms with Gasteiger partial charge in [-0.1, -0.05) is 30.3 Å². The summed E-state index contributed by atoms with van der Waals surface area (Å²) in [5.74, 6) is 2.29. The molecule has 4 heteroatoms. The summed E-state index contributed by atoms with van der Waals surface area (Å²) in [5, 5.41) is 3.26. The Hall–Kier alpha value is -2.20. The average Bonchev–Trinajstić information content (AvgIpc) is 2.96. The summed E-state index contributed by atoms with van der Waals surface area (Å²) in [5.41, 5.74) is 1.20. The fraction of sp³-hybridized carbons (Fsp3) is 0.250. The lowest BCUT2D eigenvalue weighted by Crippen LogP contribution is -2.23. The van der Waals surface area contributed by atoms with Gasteiger partial charge in [0.2, 0.25) is 6.79 Å². The quantitative estimate of drug-likeness (QED) is 0.907. The topological polar surface area (TPSA) is 39.7 Å². The van der Waals surface area contributed by atoms with Crippen LogP contribution in [0.1, 0.15) is 11.6 Å². The molecule has 4 nitrogen and oxygen atoms in total. The van der Waals surface area contributed by atoms with Gasteiger partial charge in [0.1, 0.15) is 12.4 Å². The maximum absolute atomic E-state index is 5.84. The Kier molecular flexibility index (Phi) is 3.74. The largest absolute Gasteiger partial charge is 0.491 e. The first-order valence-corrected chi connectivity index (χ1v) is 6.61. The Bertz CT molecular complexity index is 571. The van der Waals surface area contributed by atoms with E-state index in [-0.39, 0.29) is 12.8 Å². The summed E-state index contributed by atoms with van der Waals surface area (Å²) in [6.07, 6.45) is 0. The lowest BCUT2D eigenvalue weighted by Gasteiger charge is -2.17. The van der Waals surface area contributed by atoms with Gasteiger partial charge in [0, 0.05) is 6.07 Å². The molecular weight excluding hydrogens is 254 g/mol. The Morgan fingerprint density at radius 1 is 1.10 bits per heavy atom. The lowest BCUT2D eigenvalue weighted by molar-refractivity contribution is 0.173. The van der Waals surface area contributed by atoms with Gasteiger partial charge in [0.15, 0.2) is 11.5 Å². The number of nitrogens with one attached hydrogen (secondary N) is 1. The molecule has 1 unspecified atom stereocenters. The van der Waals surface area contributed by atoms with Gasteiger partial charge < -0.3 is 19.5 Å². The van der Waals surface area contributed by atoms with E-state index in [0.717, 1.165) is 17.2 Å². The molecule has 2 aromatic rings. The van der Waals surface area contributed by atoms with Gasteiger partial charge in [0.25, 0.3) is 0 Å². The zero-order chi connectivity index (χ0) is 13.8. The van der Waals surface area contributed by atoms with E-state index in [1.54, 1.807) is 0 Å². The Morgan fingerprint density at radius 2 is 1.90 bits per heavy atom. The molecule has 0 aliphatic carbocycles. The molecule has 1 aliphatic rings. The molecule has 0 saturated carbocycles. The van der Waals surface area contributed by atoms with E-state index in [1.807, 2.05) is 43.4 Å². The molecule has 0 fully saturated rings. The zero-order valence-electron chi connectivity index (χ0n) is 11.3. The van der Waals surface area contributed by atoms with Crippen LogP contribution in [0.2, 0.25) is 0 Å². The molecule has 0 radical (unpaired) electrons. The monoisotopic (exact) mass is 271 g/mol. The fourth-order valence-electron chi connectivity index (χ4n) is 2.18. The van der Waals surface area contributed by atoms with Gasteiger partial charge in [-0.2, -0.15) is 0 Å². The van der Waals surface area contributed by atoms with E-state index < -0.39 is 0 Å². The summed E-state index contributed by atoms with van der Waals surface area (Å²) >= 11 is 0. The Balaban J connectivity index is 1.66. The maximum Gasteiger partial charge on any atom is 0.231 e. The van der Waals surface area contributed by atoms with E-state index in [1.165, 1.54) is 5.56 Å². The average molecular weight is 271 g/mol. The van der Waals surface area contributed by atoms with Crippen LogP contribution in [0.3, 0.4) is 0 Å². The highest BCUT2D eigenvalue weighted by Crippen LogP contribution is 2.35. The molecule has 1 atom stereocenters. The summed E-state index contributed by atoms with van der Waals surface area (Å²) in [6.45, 7) is 0.835. The molecule has 0 spiro atoms. The third kappa shape index (κ3) is 2.70. The van der Waals surface area contributed by atoms with Gasteiger partial charge in [-0.3, -0.25) is 0 Å². The highest BCUT2D eigenvalue weighted by atomic mass is 16.7. The SMILES string of the molecule is CNC(COc1ccc2c(c1)OCO2)c1ccccc1. The van der Waals surface area contributed by atoms with Crippen molar-refractivity contribution in [2.75, 3.05) is 20.4 Å². The van der Waals surface area contributed by atoms with E-state index >= 15 is 0 Å². The van der Waals surface area contributed by atoms with Crippen molar-refractivity contribution in [1.82, 2.24) is 5.32 Å². The molecule has 20 heavy (non-hydrogen) atoms. The minimum atomic E-state index is 0.154. The smallest absolute Gasteiger partial charge is 0.231 e. The number of likely N-dealkylation sites (N-methyl/N-ethyl adjacent to an activating group) is 1. The van der Waals surface area contributed by atoms with E-state index in [9.17, 15) is 0 Å². The van der Waals surface area contributed by atoms with Crippen LogP contribution in [0.4, 0.5) is 0 Å². The molecular formula is C16H17NO3. The van der Waals surface area contributed by atoms with Crippen molar-refractivity contribution >= 4 is 0 Å². The van der Waals surface area contributed by atoms with Crippen LogP contribution in [0.25, 0.3) is 0 Å². The molecule has 2 aromatic carbocycles. The summed E-state index contributed by atoms with van der Waals surface area (Å²) in [6, 6.07) is 16.0. The second-order valence-electron chi connectivity index (χ2n) is 4.58. The van der Waals surface area contributed by atoms with Crippen LogP contribution in [0.5, 0.6) is 17.2 Å². The van der Waals surface area contributed by atoms with E-state index in [0.29, 0.717) is 6.61 Å². The van der Waals surface area contributed by atoms with Crippen molar-refractivity contribution in [3.63, 3.8) is 0 Å². The fourth-order valence-corrected chi connectivity index (χ4v) is 2.18. The molecule has 0 amide bonds. The Morgan fingerprint density at radius 3 is 2.70 bits per heavy atom. The molecule has 0 bridgehead atoms. The van der Waals surface area contributed by atoms with Gasteiger partial charge >= 0.3 is 0 Å². The van der Waals surface area contributed by atoms with Crippen LogP contribution in [0.15, 0.2) is 48.5 Å². The highest BCUT2D eigenvalue weighted by molar-refractivity contribution is 5.46. The highest BCUT2D eigenvalue weighted by Gasteiger charge is 2.15. The van der Waals surface area contributed by atoms with Crippen LogP contribution in [-0.4, -0.2) is 20.4 Å². The van der Waals surface area contributed by atoms with Crippen molar-refractivity contribution in [3.05, 3.63) is 54.1 Å². The van der Waals surface area contributed by atoms with Crippen molar-refractivity contribution in [3.8, 4) is 17.2 Å². The van der Waals surface area contributed by atoms with Crippen molar-refractivity contribution in [1.29, 1.82) is 0 Å². The summed E-state index contributed by atoms with van der Waals surface area (Å²) in [7, 11) is 1.93. The normalized spacial score (nSPS) is 14.1. The summed E-state index contributed by atoms with van der Waals surface area (Å²) < 4.78 is 16.5. The van der Waals surface area contributed by atoms with Crippen LogP contribution >= 0.6 is 0 Å². The van der Waals surface area contributed by atoms with Gasteiger partial charge in [-0.05, 0) is 24.7 Å². The molecule has 3 rings (SSSR count). The Labute approximate surface area is 118 Å². The van der Waals surface area contributed by atoms with Crippen LogP contribution < -0.4 is 19.5 Å². The number of hydrogen-bond acceptors (Lipinski definition) is 4. The van der Waals surface area contributed by atoms with Gasteiger partial charge in [-0.15, -0.1) is 0 Å². The number of rotatable bonds is 5. The molecule has 1 N–H and O–H groups in total. The number of ether oxygens (including phenoxy) is 3. The van der Waals surface area contributed by atoms with Gasteiger partial charge in [-0.25, -0.2) is 0 Å². The minimum absolute atomic E-state index is 0.154. The first-order chi connectivity index (χ1) is 9.86. The number of fused-ring (bicyclic) bond motifs is 1. The second-order valence-corrected chi connectivity index (χ2v) is 4.58. The zero-order valence-corrected chi connectivity index (χ0v) is 11.3. The first-order valence-electron chi connectivity index (χ1n) is 6.61. The standard InChI is InChI=1S/C16H17NO3/c1-17-14(12-5-3-2-4-6-12)10-18-13-7-8-15-16(9-13)20-11-19-15/h2-9,14,17H,10-11H2,1H3. The van der Waals surface area contributed by atoms with Crippen molar-refractivity contribution < 1.29 is 14.2 Å². The first kappa shape index (κ1) is 12.8. The molecule has 104 valence electrons. The van der Waals surface area contributed by atoms with Gasteiger partial charge in [0.05, 0.1) is 6.04 Å².